The lowest BCUT2D eigenvalue weighted by molar-refractivity contribution is -0.144. The molecule has 0 spiro atoms. The smallest absolute Gasteiger partial charge is 0.326 e. The van der Waals surface area contributed by atoms with Crippen LogP contribution >= 0.6 is 0 Å². The standard InChI is InChI=1S/C21H41N7O6/c1-5-12(4)16(20(33)34)28-19(32)15(10-29)27-18(31)14(7-6-8-25-21(23)24)26-17(30)13(22)9-11(2)3/h11-16,29H,5-10,22H2,1-4H3,(H,26,30)(H,27,31)(H,28,32)(H,33,34)(H4,23,24,25)/t12-,13-,14-,15-,16-/m0/s1. The van der Waals surface area contributed by atoms with Crippen LogP contribution in [0.2, 0.25) is 0 Å². The molecule has 0 bridgehead atoms. The Labute approximate surface area is 200 Å². The van der Waals surface area contributed by atoms with Crippen molar-refractivity contribution in [1.29, 1.82) is 5.41 Å². The number of carbonyl (C=O) groups excluding carboxylic acids is 3. The van der Waals surface area contributed by atoms with Crippen molar-refractivity contribution in [2.24, 2.45) is 23.3 Å². The summed E-state index contributed by atoms with van der Waals surface area (Å²) in [5.41, 5.74) is 11.1. The van der Waals surface area contributed by atoms with Crippen LogP contribution in [0.3, 0.4) is 0 Å². The first-order chi connectivity index (χ1) is 15.8. The van der Waals surface area contributed by atoms with Crippen LogP contribution in [0.25, 0.3) is 0 Å². The number of carboxylic acids is 1. The zero-order valence-electron chi connectivity index (χ0n) is 20.4. The second-order valence-corrected chi connectivity index (χ2v) is 8.73. The number of guanidine groups is 1. The van der Waals surface area contributed by atoms with Crippen molar-refractivity contribution in [1.82, 2.24) is 21.3 Å². The van der Waals surface area contributed by atoms with Crippen LogP contribution in [0.1, 0.15) is 53.4 Å². The van der Waals surface area contributed by atoms with Gasteiger partial charge in [-0.1, -0.05) is 34.1 Å². The number of rotatable bonds is 16. The van der Waals surface area contributed by atoms with E-state index in [1.54, 1.807) is 13.8 Å². The fraction of sp³-hybridized carbons (Fsp3) is 0.762. The van der Waals surface area contributed by atoms with Gasteiger partial charge in [0, 0.05) is 6.54 Å². The second kappa shape index (κ2) is 15.8. The third-order valence-corrected chi connectivity index (χ3v) is 5.27. The van der Waals surface area contributed by atoms with Crippen LogP contribution < -0.4 is 32.7 Å². The van der Waals surface area contributed by atoms with Gasteiger partial charge in [-0.05, 0) is 31.1 Å². The Morgan fingerprint density at radius 2 is 1.53 bits per heavy atom. The summed E-state index contributed by atoms with van der Waals surface area (Å²) < 4.78 is 0. The predicted molar refractivity (Wildman–Crippen MR) is 127 cm³/mol. The molecule has 0 aromatic heterocycles. The number of aliphatic hydroxyl groups is 1. The third-order valence-electron chi connectivity index (χ3n) is 5.27. The Hall–Kier alpha value is -2.93. The van der Waals surface area contributed by atoms with E-state index in [1.165, 1.54) is 0 Å². The summed E-state index contributed by atoms with van der Waals surface area (Å²) in [6.07, 6.45) is 1.38. The minimum Gasteiger partial charge on any atom is -0.480 e. The van der Waals surface area contributed by atoms with Crippen molar-refractivity contribution in [3.05, 3.63) is 0 Å². The molecule has 196 valence electrons. The highest BCUT2D eigenvalue weighted by Crippen LogP contribution is 2.09. The van der Waals surface area contributed by atoms with E-state index in [2.05, 4.69) is 21.3 Å². The topological polar surface area (TPSA) is 233 Å². The molecule has 34 heavy (non-hydrogen) atoms. The maximum absolute atomic E-state index is 12.9. The summed E-state index contributed by atoms with van der Waals surface area (Å²) in [4.78, 5) is 49.4. The first-order valence-corrected chi connectivity index (χ1v) is 11.4. The average Bonchev–Trinajstić information content (AvgIpc) is 2.75. The van der Waals surface area contributed by atoms with Gasteiger partial charge in [0.05, 0.1) is 12.6 Å². The fourth-order valence-electron chi connectivity index (χ4n) is 3.10. The average molecular weight is 488 g/mol. The number of carboxylic acid groups (broad SMARTS) is 1. The maximum Gasteiger partial charge on any atom is 0.326 e. The van der Waals surface area contributed by atoms with Crippen molar-refractivity contribution in [3.63, 3.8) is 0 Å². The van der Waals surface area contributed by atoms with E-state index in [0.717, 1.165) is 0 Å². The Morgan fingerprint density at radius 1 is 0.971 bits per heavy atom. The molecule has 13 heteroatoms. The van der Waals surface area contributed by atoms with Gasteiger partial charge in [-0.2, -0.15) is 0 Å². The van der Waals surface area contributed by atoms with Crippen molar-refractivity contribution >= 4 is 29.7 Å². The molecule has 0 unspecified atom stereocenters. The van der Waals surface area contributed by atoms with Crippen LogP contribution in [0.4, 0.5) is 0 Å². The Bertz CT molecular complexity index is 703. The number of hydrogen-bond acceptors (Lipinski definition) is 7. The first kappa shape index (κ1) is 31.1. The summed E-state index contributed by atoms with van der Waals surface area (Å²) in [5, 5.41) is 36.1. The van der Waals surface area contributed by atoms with E-state index < -0.39 is 54.5 Å². The van der Waals surface area contributed by atoms with Gasteiger partial charge in [0.2, 0.25) is 17.7 Å². The molecule has 0 aliphatic rings. The Kier molecular flexibility index (Phi) is 14.5. The SMILES string of the molecule is CC[C@H](C)[C@H](NC(=O)[C@H](CO)NC(=O)[C@H](CCCNC(=N)N)NC(=O)[C@@H](N)CC(C)C)C(=O)O. The normalized spacial score (nSPS) is 15.4. The molecule has 0 aliphatic carbocycles. The van der Waals surface area contributed by atoms with E-state index in [0.29, 0.717) is 19.3 Å². The summed E-state index contributed by atoms with van der Waals surface area (Å²) in [5.74, 6) is -3.83. The highest BCUT2D eigenvalue weighted by Gasteiger charge is 2.31. The minimum absolute atomic E-state index is 0.136. The summed E-state index contributed by atoms with van der Waals surface area (Å²) >= 11 is 0. The van der Waals surface area contributed by atoms with Gasteiger partial charge in [0.25, 0.3) is 0 Å². The molecular weight excluding hydrogens is 446 g/mol. The lowest BCUT2D eigenvalue weighted by Gasteiger charge is -2.26. The van der Waals surface area contributed by atoms with Crippen LogP contribution in [0.5, 0.6) is 0 Å². The van der Waals surface area contributed by atoms with Gasteiger partial charge in [0.1, 0.15) is 18.1 Å². The van der Waals surface area contributed by atoms with Crippen molar-refractivity contribution in [2.75, 3.05) is 13.2 Å². The van der Waals surface area contributed by atoms with E-state index in [-0.39, 0.29) is 30.8 Å². The monoisotopic (exact) mass is 487 g/mol. The van der Waals surface area contributed by atoms with Crippen LogP contribution in [0, 0.1) is 17.2 Å². The molecule has 3 amide bonds. The molecule has 5 atom stereocenters. The molecule has 0 aromatic carbocycles. The van der Waals surface area contributed by atoms with Gasteiger partial charge in [-0.15, -0.1) is 0 Å². The van der Waals surface area contributed by atoms with Gasteiger partial charge >= 0.3 is 5.97 Å². The van der Waals surface area contributed by atoms with E-state index >= 15 is 0 Å². The molecule has 0 heterocycles. The maximum atomic E-state index is 12.9. The second-order valence-electron chi connectivity index (χ2n) is 8.73. The number of amides is 3. The molecule has 0 saturated heterocycles. The number of nitrogens with two attached hydrogens (primary N) is 2. The third kappa shape index (κ3) is 11.8. The van der Waals surface area contributed by atoms with Gasteiger partial charge in [0.15, 0.2) is 5.96 Å². The number of aliphatic hydroxyl groups excluding tert-OH is 1. The Morgan fingerprint density at radius 3 is 2.00 bits per heavy atom. The van der Waals surface area contributed by atoms with Crippen LogP contribution in [0.15, 0.2) is 0 Å². The highest BCUT2D eigenvalue weighted by atomic mass is 16.4. The van der Waals surface area contributed by atoms with Crippen molar-refractivity contribution in [2.45, 2.75) is 77.5 Å². The highest BCUT2D eigenvalue weighted by molar-refractivity contribution is 5.94. The zero-order valence-corrected chi connectivity index (χ0v) is 20.4. The molecular formula is C21H41N7O6. The van der Waals surface area contributed by atoms with Crippen LogP contribution in [-0.2, 0) is 19.2 Å². The lowest BCUT2D eigenvalue weighted by Crippen LogP contribution is -2.58. The van der Waals surface area contributed by atoms with Gasteiger partial charge in [-0.25, -0.2) is 4.79 Å². The number of carbonyl (C=O) groups is 4. The molecule has 0 aromatic rings. The molecule has 0 rings (SSSR count). The zero-order chi connectivity index (χ0) is 26.4. The molecule has 0 fully saturated rings. The van der Waals surface area contributed by atoms with Crippen molar-refractivity contribution < 1.29 is 29.4 Å². The quantitative estimate of drug-likeness (QED) is 0.0677. The van der Waals surface area contributed by atoms with Gasteiger partial charge < -0.3 is 42.9 Å². The van der Waals surface area contributed by atoms with E-state index in [4.69, 9.17) is 16.9 Å². The first-order valence-electron chi connectivity index (χ1n) is 11.4. The predicted octanol–water partition coefficient (Wildman–Crippen LogP) is -1.80. The van der Waals surface area contributed by atoms with E-state index in [1.807, 2.05) is 13.8 Å². The molecule has 0 aliphatic heterocycles. The molecule has 11 N–H and O–H groups in total. The fourth-order valence-corrected chi connectivity index (χ4v) is 3.10. The largest absolute Gasteiger partial charge is 0.480 e. The summed E-state index contributed by atoms with van der Waals surface area (Å²) in [6.45, 7) is 6.73. The summed E-state index contributed by atoms with van der Waals surface area (Å²) in [6, 6.07) is -4.52. The Balaban J connectivity index is 5.35. The van der Waals surface area contributed by atoms with E-state index in [9.17, 15) is 29.4 Å². The summed E-state index contributed by atoms with van der Waals surface area (Å²) in [7, 11) is 0. The number of nitrogens with one attached hydrogen (secondary N) is 5. The number of aliphatic carboxylic acids is 1. The molecule has 0 saturated carbocycles. The van der Waals surface area contributed by atoms with Crippen molar-refractivity contribution in [3.8, 4) is 0 Å². The lowest BCUT2D eigenvalue weighted by atomic mass is 9.99. The van der Waals surface area contributed by atoms with Gasteiger partial charge in [-0.3, -0.25) is 19.8 Å². The van der Waals surface area contributed by atoms with Crippen LogP contribution in [-0.4, -0.2) is 77.2 Å². The molecule has 0 radical (unpaired) electrons. The number of hydrogen-bond donors (Lipinski definition) is 9. The molecule has 13 nitrogen and oxygen atoms in total. The minimum atomic E-state index is -1.42.